The van der Waals surface area contributed by atoms with Crippen LogP contribution in [0.25, 0.3) is 0 Å². The Hall–Kier alpha value is -1.86. The molecule has 0 saturated carbocycles. The van der Waals surface area contributed by atoms with Crippen LogP contribution in [0, 0.1) is 29.1 Å². The summed E-state index contributed by atoms with van der Waals surface area (Å²) in [6.07, 6.45) is -1.06. The highest BCUT2D eigenvalue weighted by Crippen LogP contribution is 2.23. The number of carbonyl (C=O) groups excluding carboxylic acids is 1. The zero-order valence-corrected chi connectivity index (χ0v) is 8.41. The van der Waals surface area contributed by atoms with Crippen molar-refractivity contribution in [3.63, 3.8) is 0 Å². The predicted octanol–water partition coefficient (Wildman–Crippen LogP) is 2.24. The summed E-state index contributed by atoms with van der Waals surface area (Å²) in [5.41, 5.74) is -1.20. The summed E-state index contributed by atoms with van der Waals surface area (Å²) in [5, 5.41) is 1.95. The van der Waals surface area contributed by atoms with Crippen molar-refractivity contribution in [2.75, 3.05) is 7.05 Å². The van der Waals surface area contributed by atoms with Gasteiger partial charge in [-0.1, -0.05) is 0 Å². The molecule has 0 aliphatic carbocycles. The summed E-state index contributed by atoms with van der Waals surface area (Å²) in [6.45, 7) is -1.06. The molecule has 94 valence electrons. The lowest BCUT2D eigenvalue weighted by Crippen LogP contribution is -2.20. The van der Waals surface area contributed by atoms with E-state index in [4.69, 9.17) is 0 Å². The third-order valence-electron chi connectivity index (χ3n) is 1.85. The molecule has 1 rings (SSSR count). The van der Waals surface area contributed by atoms with Gasteiger partial charge >= 0.3 is 6.09 Å². The smallest absolute Gasteiger partial charge is 0.407 e. The highest BCUT2D eigenvalue weighted by atomic mass is 19.2. The van der Waals surface area contributed by atoms with Crippen molar-refractivity contribution < 1.29 is 31.5 Å². The van der Waals surface area contributed by atoms with Crippen LogP contribution in [0.5, 0.6) is 0 Å². The summed E-state index contributed by atoms with van der Waals surface area (Å²) in [6, 6.07) is 0. The van der Waals surface area contributed by atoms with Crippen molar-refractivity contribution in [3.8, 4) is 0 Å². The number of halogens is 5. The van der Waals surface area contributed by atoms with Gasteiger partial charge in [0.1, 0.15) is 6.61 Å². The summed E-state index contributed by atoms with van der Waals surface area (Å²) in [4.78, 5) is 10.6. The van der Waals surface area contributed by atoms with E-state index in [2.05, 4.69) is 4.74 Å². The number of benzene rings is 1. The molecular formula is C9H6F5NO2. The fourth-order valence-electron chi connectivity index (χ4n) is 0.987. The van der Waals surface area contributed by atoms with Crippen molar-refractivity contribution in [2.24, 2.45) is 0 Å². The minimum Gasteiger partial charge on any atom is -0.444 e. The van der Waals surface area contributed by atoms with E-state index in [1.165, 1.54) is 7.05 Å². The van der Waals surface area contributed by atoms with E-state index in [0.717, 1.165) is 0 Å². The van der Waals surface area contributed by atoms with Crippen LogP contribution in [0.15, 0.2) is 0 Å². The van der Waals surface area contributed by atoms with Gasteiger partial charge in [0.2, 0.25) is 5.82 Å². The second-order valence-electron chi connectivity index (χ2n) is 2.87. The number of amides is 1. The number of hydrogen-bond acceptors (Lipinski definition) is 2. The van der Waals surface area contributed by atoms with E-state index in [1.54, 1.807) is 0 Å². The van der Waals surface area contributed by atoms with Crippen LogP contribution in [-0.4, -0.2) is 13.1 Å². The van der Waals surface area contributed by atoms with E-state index in [9.17, 15) is 26.7 Å². The Morgan fingerprint density at radius 1 is 1.00 bits per heavy atom. The molecule has 8 heteroatoms. The van der Waals surface area contributed by atoms with Gasteiger partial charge in [-0.15, -0.1) is 0 Å². The molecule has 0 heterocycles. The van der Waals surface area contributed by atoms with Gasteiger partial charge in [0.05, 0.1) is 5.56 Å². The zero-order chi connectivity index (χ0) is 13.2. The Balaban J connectivity index is 3.12. The third kappa shape index (κ3) is 2.45. The van der Waals surface area contributed by atoms with E-state index in [1.807, 2.05) is 5.32 Å². The molecule has 0 aliphatic rings. The highest BCUT2D eigenvalue weighted by Gasteiger charge is 2.26. The minimum absolute atomic E-state index is 1.06. The molecule has 0 unspecified atom stereocenters. The maximum Gasteiger partial charge on any atom is 0.407 e. The lowest BCUT2D eigenvalue weighted by molar-refractivity contribution is 0.138. The van der Waals surface area contributed by atoms with Crippen molar-refractivity contribution in [1.29, 1.82) is 0 Å². The van der Waals surface area contributed by atoms with Crippen LogP contribution in [0.1, 0.15) is 5.56 Å². The minimum atomic E-state index is -2.26. The SMILES string of the molecule is CNC(=O)OCc1c(F)c(F)c(F)c(F)c1F. The molecule has 0 fully saturated rings. The summed E-state index contributed by atoms with van der Waals surface area (Å²) in [7, 11) is 1.17. The molecule has 0 aromatic heterocycles. The second-order valence-corrected chi connectivity index (χ2v) is 2.87. The normalized spacial score (nSPS) is 10.2. The molecule has 0 radical (unpaired) electrons. The van der Waals surface area contributed by atoms with Crippen LogP contribution in [0.2, 0.25) is 0 Å². The fraction of sp³-hybridized carbons (Fsp3) is 0.222. The molecule has 1 N–H and O–H groups in total. The highest BCUT2D eigenvalue weighted by molar-refractivity contribution is 5.66. The molecule has 0 aliphatic heterocycles. The van der Waals surface area contributed by atoms with E-state index in [-0.39, 0.29) is 0 Å². The topological polar surface area (TPSA) is 38.3 Å². The van der Waals surface area contributed by atoms with Crippen LogP contribution in [0.4, 0.5) is 26.7 Å². The van der Waals surface area contributed by atoms with Gasteiger partial charge in [-0.2, -0.15) is 0 Å². The van der Waals surface area contributed by atoms with Gasteiger partial charge in [0.25, 0.3) is 0 Å². The largest absolute Gasteiger partial charge is 0.444 e. The average molecular weight is 255 g/mol. The van der Waals surface area contributed by atoms with Crippen LogP contribution in [0.3, 0.4) is 0 Å². The number of carbonyl (C=O) groups is 1. The average Bonchev–Trinajstić information content (AvgIpc) is 2.33. The number of rotatable bonds is 2. The standard InChI is InChI=1S/C9H6F5NO2/c1-15-9(16)17-2-3-4(10)6(12)8(14)7(13)5(3)11/h2H2,1H3,(H,15,16). The molecule has 0 saturated heterocycles. The molecule has 0 bridgehead atoms. The quantitative estimate of drug-likeness (QED) is 0.500. The predicted molar refractivity (Wildman–Crippen MR) is 45.5 cm³/mol. The van der Waals surface area contributed by atoms with Crippen molar-refractivity contribution >= 4 is 6.09 Å². The molecule has 1 amide bonds. The van der Waals surface area contributed by atoms with Gasteiger partial charge in [-0.25, -0.2) is 26.7 Å². The number of alkyl carbamates (subject to hydrolysis) is 1. The van der Waals surface area contributed by atoms with Crippen LogP contribution in [-0.2, 0) is 11.3 Å². The van der Waals surface area contributed by atoms with Gasteiger partial charge < -0.3 is 10.1 Å². The van der Waals surface area contributed by atoms with Crippen molar-refractivity contribution in [2.45, 2.75) is 6.61 Å². The van der Waals surface area contributed by atoms with Crippen LogP contribution >= 0.6 is 0 Å². The lowest BCUT2D eigenvalue weighted by atomic mass is 10.2. The molecule has 0 atom stereocenters. The van der Waals surface area contributed by atoms with Gasteiger partial charge in [0, 0.05) is 7.05 Å². The first-order chi connectivity index (χ1) is 7.90. The Morgan fingerprint density at radius 2 is 1.41 bits per heavy atom. The lowest BCUT2D eigenvalue weighted by Gasteiger charge is -2.08. The molecular weight excluding hydrogens is 249 g/mol. The first-order valence-corrected chi connectivity index (χ1v) is 4.25. The maximum absolute atomic E-state index is 13.0. The van der Waals surface area contributed by atoms with Crippen molar-refractivity contribution in [3.05, 3.63) is 34.6 Å². The molecule has 0 spiro atoms. The molecule has 3 nitrogen and oxygen atoms in total. The molecule has 17 heavy (non-hydrogen) atoms. The Bertz CT molecular complexity index is 434. The summed E-state index contributed by atoms with van der Waals surface area (Å²) in [5.74, 6) is -10.5. The number of hydrogen-bond donors (Lipinski definition) is 1. The summed E-state index contributed by atoms with van der Waals surface area (Å²) < 4.78 is 68.3. The first-order valence-electron chi connectivity index (χ1n) is 4.25. The van der Waals surface area contributed by atoms with E-state index in [0.29, 0.717) is 0 Å². The second kappa shape index (κ2) is 4.98. The Labute approximate surface area is 92.2 Å². The monoisotopic (exact) mass is 255 g/mol. The molecule has 1 aromatic rings. The Kier molecular flexibility index (Phi) is 3.87. The van der Waals surface area contributed by atoms with Gasteiger partial charge in [0.15, 0.2) is 23.3 Å². The summed E-state index contributed by atoms with van der Waals surface area (Å²) >= 11 is 0. The Morgan fingerprint density at radius 3 is 1.82 bits per heavy atom. The van der Waals surface area contributed by atoms with Crippen molar-refractivity contribution in [1.82, 2.24) is 5.32 Å². The van der Waals surface area contributed by atoms with Crippen LogP contribution < -0.4 is 5.32 Å². The number of nitrogens with one attached hydrogen (secondary N) is 1. The van der Waals surface area contributed by atoms with Gasteiger partial charge in [-0.05, 0) is 0 Å². The maximum atomic E-state index is 13.0. The van der Waals surface area contributed by atoms with Gasteiger partial charge in [-0.3, -0.25) is 0 Å². The van der Waals surface area contributed by atoms with E-state index < -0.39 is 47.3 Å². The zero-order valence-electron chi connectivity index (χ0n) is 8.41. The van der Waals surface area contributed by atoms with E-state index >= 15 is 0 Å². The third-order valence-corrected chi connectivity index (χ3v) is 1.85. The number of ether oxygens (including phenoxy) is 1. The first kappa shape index (κ1) is 13.2. The molecule has 1 aromatic carbocycles. The fourth-order valence-corrected chi connectivity index (χ4v) is 0.987.